The van der Waals surface area contributed by atoms with Crippen LogP contribution in [0.3, 0.4) is 0 Å². The number of amides is 1. The van der Waals surface area contributed by atoms with Crippen molar-refractivity contribution in [2.75, 3.05) is 6.54 Å². The maximum atomic E-state index is 12.1. The monoisotopic (exact) mass is 308 g/mol. The molecule has 0 bridgehead atoms. The Hall–Kier alpha value is -0.900. The predicted molar refractivity (Wildman–Crippen MR) is 73.2 cm³/mol. The third kappa shape index (κ3) is 2.74. The molecule has 3 rings (SSSR count). The number of carbonyl (C=O) groups excluding carboxylic acids is 1. The lowest BCUT2D eigenvalue weighted by atomic mass is 9.98. The van der Waals surface area contributed by atoms with E-state index in [0.29, 0.717) is 16.1 Å². The molecule has 2 aliphatic carbocycles. The normalized spacial score (nSPS) is 19.0. The van der Waals surface area contributed by atoms with Gasteiger partial charge in [-0.25, -0.2) is 4.98 Å². The summed E-state index contributed by atoms with van der Waals surface area (Å²) in [4.78, 5) is 16.2. The summed E-state index contributed by atoms with van der Waals surface area (Å²) < 4.78 is 0.622. The van der Waals surface area contributed by atoms with Crippen molar-refractivity contribution in [3.63, 3.8) is 0 Å². The van der Waals surface area contributed by atoms with Crippen molar-refractivity contribution >= 4 is 21.8 Å². The molecule has 0 atom stereocenters. The summed E-state index contributed by atoms with van der Waals surface area (Å²) in [6, 6.07) is 3.59. The van der Waals surface area contributed by atoms with Crippen LogP contribution in [0, 0.1) is 17.8 Å². The second-order valence-corrected chi connectivity index (χ2v) is 6.14. The Bertz CT molecular complexity index is 443. The van der Waals surface area contributed by atoms with Crippen LogP contribution in [0.15, 0.2) is 22.9 Å². The first-order chi connectivity index (χ1) is 8.75. The molecule has 1 amide bonds. The number of aromatic nitrogens is 1. The Morgan fingerprint density at radius 1 is 1.39 bits per heavy atom. The molecular weight excluding hydrogens is 292 g/mol. The van der Waals surface area contributed by atoms with E-state index in [9.17, 15) is 4.79 Å². The van der Waals surface area contributed by atoms with Crippen molar-refractivity contribution in [3.05, 3.63) is 28.5 Å². The molecule has 2 aliphatic rings. The second-order valence-electron chi connectivity index (χ2n) is 5.39. The predicted octanol–water partition coefficient (Wildman–Crippen LogP) is 3.01. The molecule has 4 heteroatoms. The number of pyridine rings is 1. The SMILES string of the molecule is O=C(NCC(C1CC1)C1CC1)c1cccnc1Br. The number of carbonyl (C=O) groups is 1. The first-order valence-corrected chi connectivity index (χ1v) is 7.43. The second kappa shape index (κ2) is 5.00. The first kappa shape index (κ1) is 12.2. The molecule has 0 aliphatic heterocycles. The van der Waals surface area contributed by atoms with Crippen molar-refractivity contribution < 1.29 is 4.79 Å². The van der Waals surface area contributed by atoms with E-state index in [2.05, 4.69) is 26.2 Å². The minimum Gasteiger partial charge on any atom is -0.352 e. The molecule has 2 fully saturated rings. The van der Waals surface area contributed by atoms with Gasteiger partial charge in [-0.3, -0.25) is 4.79 Å². The third-order valence-electron chi connectivity index (χ3n) is 3.96. The van der Waals surface area contributed by atoms with E-state index in [-0.39, 0.29) is 5.91 Å². The Labute approximate surface area is 116 Å². The summed E-state index contributed by atoms with van der Waals surface area (Å²) in [5, 5.41) is 3.07. The van der Waals surface area contributed by atoms with Crippen LogP contribution in [-0.2, 0) is 0 Å². The van der Waals surface area contributed by atoms with Crippen LogP contribution in [0.4, 0.5) is 0 Å². The Morgan fingerprint density at radius 3 is 2.61 bits per heavy atom. The smallest absolute Gasteiger partial charge is 0.254 e. The molecule has 0 radical (unpaired) electrons. The molecule has 1 aromatic rings. The molecule has 0 saturated heterocycles. The third-order valence-corrected chi connectivity index (χ3v) is 4.59. The lowest BCUT2D eigenvalue weighted by Crippen LogP contribution is -2.31. The van der Waals surface area contributed by atoms with Crippen LogP contribution in [0.2, 0.25) is 0 Å². The zero-order valence-corrected chi connectivity index (χ0v) is 11.8. The fourth-order valence-electron chi connectivity index (χ4n) is 2.63. The van der Waals surface area contributed by atoms with E-state index in [1.807, 2.05) is 0 Å². The maximum absolute atomic E-state index is 12.1. The van der Waals surface area contributed by atoms with Gasteiger partial charge in [0.2, 0.25) is 0 Å². The minimum absolute atomic E-state index is 0.0127. The number of nitrogens with one attached hydrogen (secondary N) is 1. The highest BCUT2D eigenvalue weighted by atomic mass is 79.9. The summed E-state index contributed by atoms with van der Waals surface area (Å²) in [5.41, 5.74) is 0.628. The van der Waals surface area contributed by atoms with Crippen molar-refractivity contribution in [2.24, 2.45) is 17.8 Å². The van der Waals surface area contributed by atoms with Gasteiger partial charge in [0.1, 0.15) is 4.60 Å². The summed E-state index contributed by atoms with van der Waals surface area (Å²) in [5.74, 6) is 2.44. The van der Waals surface area contributed by atoms with Gasteiger partial charge in [-0.1, -0.05) is 0 Å². The van der Waals surface area contributed by atoms with Gasteiger partial charge in [0, 0.05) is 12.7 Å². The molecule has 0 unspecified atom stereocenters. The largest absolute Gasteiger partial charge is 0.352 e. The zero-order valence-electron chi connectivity index (χ0n) is 10.2. The van der Waals surface area contributed by atoms with Crippen LogP contribution < -0.4 is 5.32 Å². The van der Waals surface area contributed by atoms with Crippen molar-refractivity contribution in [1.82, 2.24) is 10.3 Å². The van der Waals surface area contributed by atoms with Crippen LogP contribution >= 0.6 is 15.9 Å². The molecule has 18 heavy (non-hydrogen) atoms. The lowest BCUT2D eigenvalue weighted by molar-refractivity contribution is 0.0942. The summed E-state index contributed by atoms with van der Waals surface area (Å²) in [7, 11) is 0. The quantitative estimate of drug-likeness (QED) is 0.850. The number of rotatable bonds is 5. The Morgan fingerprint density at radius 2 is 2.06 bits per heavy atom. The van der Waals surface area contributed by atoms with E-state index >= 15 is 0 Å². The highest BCUT2D eigenvalue weighted by molar-refractivity contribution is 9.10. The van der Waals surface area contributed by atoms with Gasteiger partial charge < -0.3 is 5.32 Å². The Kier molecular flexibility index (Phi) is 3.37. The number of hydrogen-bond acceptors (Lipinski definition) is 2. The highest BCUT2D eigenvalue weighted by Crippen LogP contribution is 2.48. The molecule has 2 saturated carbocycles. The van der Waals surface area contributed by atoms with Crippen LogP contribution in [0.5, 0.6) is 0 Å². The summed E-state index contributed by atoms with van der Waals surface area (Å²) in [6.07, 6.45) is 7.10. The maximum Gasteiger partial charge on any atom is 0.254 e. The van der Waals surface area contributed by atoms with Gasteiger partial charge in [0.05, 0.1) is 5.56 Å². The average molecular weight is 309 g/mol. The van der Waals surface area contributed by atoms with Gasteiger partial charge >= 0.3 is 0 Å². The highest BCUT2D eigenvalue weighted by Gasteiger charge is 2.41. The Balaban J connectivity index is 1.59. The van der Waals surface area contributed by atoms with Crippen molar-refractivity contribution in [2.45, 2.75) is 25.7 Å². The minimum atomic E-state index is -0.0127. The molecule has 0 aromatic carbocycles. The summed E-state index contributed by atoms with van der Waals surface area (Å²) in [6.45, 7) is 0.829. The van der Waals surface area contributed by atoms with Gasteiger partial charge in [-0.2, -0.15) is 0 Å². The average Bonchev–Trinajstić information content (AvgIpc) is 3.24. The van der Waals surface area contributed by atoms with E-state index in [1.54, 1.807) is 18.3 Å². The molecular formula is C14H17BrN2O. The molecule has 1 N–H and O–H groups in total. The number of hydrogen-bond donors (Lipinski definition) is 1. The van der Waals surface area contributed by atoms with Gasteiger partial charge in [-0.15, -0.1) is 0 Å². The topological polar surface area (TPSA) is 42.0 Å². The number of nitrogens with zero attached hydrogens (tertiary/aromatic N) is 1. The van der Waals surface area contributed by atoms with Crippen LogP contribution in [0.25, 0.3) is 0 Å². The van der Waals surface area contributed by atoms with Gasteiger partial charge in [0.15, 0.2) is 0 Å². The van der Waals surface area contributed by atoms with E-state index in [1.165, 1.54) is 25.7 Å². The summed E-state index contributed by atoms with van der Waals surface area (Å²) >= 11 is 3.31. The van der Waals surface area contributed by atoms with Crippen molar-refractivity contribution in [1.29, 1.82) is 0 Å². The number of halogens is 1. The molecule has 3 nitrogen and oxygen atoms in total. The molecule has 1 aromatic heterocycles. The van der Waals surface area contributed by atoms with Gasteiger partial charge in [0.25, 0.3) is 5.91 Å². The fourth-order valence-corrected chi connectivity index (χ4v) is 3.06. The molecule has 1 heterocycles. The lowest BCUT2D eigenvalue weighted by Gasteiger charge is -2.16. The van der Waals surface area contributed by atoms with Crippen LogP contribution in [-0.4, -0.2) is 17.4 Å². The van der Waals surface area contributed by atoms with Crippen molar-refractivity contribution in [3.8, 4) is 0 Å². The van der Waals surface area contributed by atoms with E-state index in [0.717, 1.165) is 18.4 Å². The molecule has 0 spiro atoms. The van der Waals surface area contributed by atoms with E-state index < -0.39 is 0 Å². The standard InChI is InChI=1S/C14H17BrN2O/c15-13-11(2-1-7-16-13)14(18)17-8-12(9-3-4-9)10-5-6-10/h1-2,7,9-10,12H,3-6,8H2,(H,17,18). The first-order valence-electron chi connectivity index (χ1n) is 6.64. The molecule has 96 valence electrons. The van der Waals surface area contributed by atoms with Crippen LogP contribution in [0.1, 0.15) is 36.0 Å². The van der Waals surface area contributed by atoms with Gasteiger partial charge in [-0.05, 0) is 71.5 Å². The van der Waals surface area contributed by atoms with E-state index in [4.69, 9.17) is 0 Å². The zero-order chi connectivity index (χ0) is 12.5. The fraction of sp³-hybridized carbons (Fsp3) is 0.571.